The van der Waals surface area contributed by atoms with Gasteiger partial charge in [0, 0.05) is 31.3 Å². The maximum atomic E-state index is 12.7. The summed E-state index contributed by atoms with van der Waals surface area (Å²) in [7, 11) is 1.72. The average molecular weight is 540 g/mol. The van der Waals surface area contributed by atoms with E-state index in [2.05, 4.69) is 15.7 Å². The van der Waals surface area contributed by atoms with Crippen LogP contribution in [0.1, 0.15) is 58.2 Å². The Balaban J connectivity index is 1.45. The molecule has 0 bridgehead atoms. The van der Waals surface area contributed by atoms with Gasteiger partial charge in [-0.1, -0.05) is 35.9 Å². The maximum Gasteiger partial charge on any atom is 0.410 e. The maximum absolute atomic E-state index is 12.7. The lowest BCUT2D eigenvalue weighted by Crippen LogP contribution is -2.45. The van der Waals surface area contributed by atoms with Crippen LogP contribution in [0.2, 0.25) is 5.02 Å². The first kappa shape index (κ1) is 27.3. The number of hydrogen-bond acceptors (Lipinski definition) is 5. The van der Waals surface area contributed by atoms with Crippen molar-refractivity contribution in [2.45, 2.75) is 58.2 Å². The largest absolute Gasteiger partial charge is 0.492 e. The third-order valence-corrected chi connectivity index (χ3v) is 6.78. The van der Waals surface area contributed by atoms with Gasteiger partial charge in [0.1, 0.15) is 11.4 Å². The standard InChI is InChI=1S/C28H34ClN5O4/c1-27(2,3)38-26(36)33(6)28(4,5)18-9-7-10-19(17-18)34-15-13-23(32-34)31-25(35)30-22-14-16-37-24-20(22)11-8-12-21(24)29/h7-13,15,17,22H,14,16H2,1-6H3,(H2,30,31,32,35)/t22-/m0/s1. The minimum atomic E-state index is -0.643. The van der Waals surface area contributed by atoms with Crippen molar-refractivity contribution in [1.29, 1.82) is 0 Å². The molecule has 38 heavy (non-hydrogen) atoms. The molecule has 202 valence electrons. The lowest BCUT2D eigenvalue weighted by molar-refractivity contribution is 0.0104. The number of nitrogens with zero attached hydrogens (tertiary/aromatic N) is 3. The fourth-order valence-corrected chi connectivity index (χ4v) is 4.40. The molecule has 0 spiro atoms. The van der Waals surface area contributed by atoms with Crippen molar-refractivity contribution in [2.75, 3.05) is 19.0 Å². The number of anilines is 1. The highest BCUT2D eigenvalue weighted by molar-refractivity contribution is 6.32. The number of para-hydroxylation sites is 1. The minimum absolute atomic E-state index is 0.222. The lowest BCUT2D eigenvalue weighted by Gasteiger charge is -2.37. The fraction of sp³-hybridized carbons (Fsp3) is 0.393. The molecule has 3 amide bonds. The molecule has 2 N–H and O–H groups in total. The molecular formula is C28H34ClN5O4. The average Bonchev–Trinajstić information content (AvgIpc) is 3.31. The van der Waals surface area contributed by atoms with Crippen LogP contribution in [-0.2, 0) is 10.3 Å². The molecule has 1 aromatic heterocycles. The van der Waals surface area contributed by atoms with Gasteiger partial charge in [-0.05, 0) is 58.4 Å². The Bertz CT molecular complexity index is 1330. The molecule has 1 aliphatic heterocycles. The highest BCUT2D eigenvalue weighted by Crippen LogP contribution is 2.37. The summed E-state index contributed by atoms with van der Waals surface area (Å²) in [6, 6.07) is 14.4. The number of urea groups is 1. The van der Waals surface area contributed by atoms with E-state index in [1.54, 1.807) is 35.0 Å². The first-order valence-electron chi connectivity index (χ1n) is 12.5. The van der Waals surface area contributed by atoms with Crippen LogP contribution in [0.15, 0.2) is 54.7 Å². The van der Waals surface area contributed by atoms with Crippen LogP contribution in [0.3, 0.4) is 0 Å². The van der Waals surface area contributed by atoms with E-state index in [1.807, 2.05) is 71.0 Å². The van der Waals surface area contributed by atoms with Gasteiger partial charge in [-0.15, -0.1) is 5.10 Å². The van der Waals surface area contributed by atoms with Crippen molar-refractivity contribution in [3.05, 3.63) is 70.9 Å². The molecule has 0 unspecified atom stereocenters. The number of ether oxygens (including phenoxy) is 2. The monoisotopic (exact) mass is 539 g/mol. The Morgan fingerprint density at radius 2 is 1.87 bits per heavy atom. The van der Waals surface area contributed by atoms with E-state index in [-0.39, 0.29) is 12.1 Å². The highest BCUT2D eigenvalue weighted by atomic mass is 35.5. The van der Waals surface area contributed by atoms with Crippen molar-refractivity contribution >= 4 is 29.5 Å². The lowest BCUT2D eigenvalue weighted by atomic mass is 9.92. The van der Waals surface area contributed by atoms with Gasteiger partial charge in [0.15, 0.2) is 5.82 Å². The molecule has 1 aliphatic rings. The van der Waals surface area contributed by atoms with Crippen molar-refractivity contribution in [3.63, 3.8) is 0 Å². The molecule has 2 aromatic carbocycles. The van der Waals surface area contributed by atoms with Gasteiger partial charge in [0.05, 0.1) is 28.9 Å². The summed E-state index contributed by atoms with van der Waals surface area (Å²) in [6.45, 7) is 9.90. The molecule has 9 nitrogen and oxygen atoms in total. The SMILES string of the molecule is CN(C(=O)OC(C)(C)C)C(C)(C)c1cccc(-n2ccc(NC(=O)N[C@H]3CCOc4c(Cl)cccc43)n2)c1. The zero-order chi connectivity index (χ0) is 27.7. The summed E-state index contributed by atoms with van der Waals surface area (Å²) in [5, 5.41) is 10.8. The third kappa shape index (κ3) is 6.05. The zero-order valence-electron chi connectivity index (χ0n) is 22.5. The van der Waals surface area contributed by atoms with Gasteiger partial charge >= 0.3 is 12.1 Å². The molecule has 0 saturated carbocycles. The number of amides is 3. The van der Waals surface area contributed by atoms with Gasteiger partial charge in [-0.25, -0.2) is 14.3 Å². The molecule has 3 aromatic rings. The molecule has 0 aliphatic carbocycles. The van der Waals surface area contributed by atoms with Crippen LogP contribution in [0.25, 0.3) is 5.69 Å². The van der Waals surface area contributed by atoms with Gasteiger partial charge in [0.25, 0.3) is 0 Å². The van der Waals surface area contributed by atoms with E-state index in [1.165, 1.54) is 0 Å². The number of benzene rings is 2. The fourth-order valence-electron chi connectivity index (χ4n) is 4.16. The number of aromatic nitrogens is 2. The first-order chi connectivity index (χ1) is 17.8. The number of rotatable bonds is 5. The highest BCUT2D eigenvalue weighted by Gasteiger charge is 2.33. The number of hydrogen-bond donors (Lipinski definition) is 2. The minimum Gasteiger partial charge on any atom is -0.492 e. The predicted octanol–water partition coefficient (Wildman–Crippen LogP) is 6.27. The van der Waals surface area contributed by atoms with E-state index < -0.39 is 17.2 Å². The van der Waals surface area contributed by atoms with Gasteiger partial charge in [-0.3, -0.25) is 5.32 Å². The summed E-state index contributed by atoms with van der Waals surface area (Å²) >= 11 is 6.24. The number of carbonyl (C=O) groups excluding carboxylic acids is 2. The summed E-state index contributed by atoms with van der Waals surface area (Å²) in [5.74, 6) is 1.01. The second kappa shape index (κ2) is 10.6. The topological polar surface area (TPSA) is 97.7 Å². The third-order valence-electron chi connectivity index (χ3n) is 6.48. The molecule has 10 heteroatoms. The van der Waals surface area contributed by atoms with Crippen LogP contribution in [0, 0.1) is 0 Å². The number of fused-ring (bicyclic) bond motifs is 1. The summed E-state index contributed by atoms with van der Waals surface area (Å²) in [4.78, 5) is 27.0. The Kier molecular flexibility index (Phi) is 7.60. The smallest absolute Gasteiger partial charge is 0.410 e. The normalized spacial score (nSPS) is 15.2. The Labute approximate surface area is 228 Å². The van der Waals surface area contributed by atoms with Crippen LogP contribution in [-0.4, -0.2) is 46.1 Å². The number of halogens is 1. The molecule has 2 heterocycles. The second-order valence-corrected chi connectivity index (χ2v) is 11.1. The van der Waals surface area contributed by atoms with Crippen LogP contribution in [0.4, 0.5) is 15.4 Å². The number of nitrogens with one attached hydrogen (secondary N) is 2. The Hall–Kier alpha value is -3.72. The van der Waals surface area contributed by atoms with Crippen LogP contribution < -0.4 is 15.4 Å². The Morgan fingerprint density at radius 1 is 1.13 bits per heavy atom. The van der Waals surface area contributed by atoms with Crippen molar-refractivity contribution in [2.24, 2.45) is 0 Å². The van der Waals surface area contributed by atoms with Gasteiger partial charge < -0.3 is 19.7 Å². The Morgan fingerprint density at radius 3 is 2.61 bits per heavy atom. The molecular weight excluding hydrogens is 506 g/mol. The van der Waals surface area contributed by atoms with E-state index in [9.17, 15) is 9.59 Å². The summed E-state index contributed by atoms with van der Waals surface area (Å²) in [6.07, 6.45) is 2.00. The quantitative estimate of drug-likeness (QED) is 0.398. The predicted molar refractivity (Wildman–Crippen MR) is 147 cm³/mol. The summed E-state index contributed by atoms with van der Waals surface area (Å²) in [5.41, 5.74) is 1.31. The first-order valence-corrected chi connectivity index (χ1v) is 12.8. The molecule has 0 fully saturated rings. The number of carbonyl (C=O) groups is 2. The van der Waals surface area contributed by atoms with Gasteiger partial charge in [-0.2, -0.15) is 0 Å². The molecule has 0 saturated heterocycles. The molecule has 1 atom stereocenters. The van der Waals surface area contributed by atoms with Crippen LogP contribution >= 0.6 is 11.6 Å². The van der Waals surface area contributed by atoms with E-state index in [0.29, 0.717) is 29.6 Å². The second-order valence-electron chi connectivity index (χ2n) is 10.7. The zero-order valence-corrected chi connectivity index (χ0v) is 23.3. The molecule has 0 radical (unpaired) electrons. The van der Waals surface area contributed by atoms with Gasteiger partial charge in [0.2, 0.25) is 0 Å². The van der Waals surface area contributed by atoms with E-state index in [4.69, 9.17) is 21.1 Å². The van der Waals surface area contributed by atoms with E-state index >= 15 is 0 Å². The van der Waals surface area contributed by atoms with Crippen LogP contribution in [0.5, 0.6) is 5.75 Å². The van der Waals surface area contributed by atoms with E-state index in [0.717, 1.165) is 16.8 Å². The van der Waals surface area contributed by atoms with Crippen molar-refractivity contribution < 1.29 is 19.1 Å². The van der Waals surface area contributed by atoms with Crippen molar-refractivity contribution in [3.8, 4) is 11.4 Å². The molecule has 4 rings (SSSR count). The van der Waals surface area contributed by atoms with Crippen molar-refractivity contribution in [1.82, 2.24) is 20.0 Å². The summed E-state index contributed by atoms with van der Waals surface area (Å²) < 4.78 is 12.9.